The van der Waals surface area contributed by atoms with Gasteiger partial charge in [0.15, 0.2) is 11.5 Å². The highest BCUT2D eigenvalue weighted by Gasteiger charge is 2.27. The van der Waals surface area contributed by atoms with Gasteiger partial charge in [0.2, 0.25) is 0 Å². The minimum atomic E-state index is -0.436. The second kappa shape index (κ2) is 9.43. The van der Waals surface area contributed by atoms with Gasteiger partial charge in [0.1, 0.15) is 23.5 Å². The highest BCUT2D eigenvalue weighted by atomic mass is 35.5. The van der Waals surface area contributed by atoms with Crippen LogP contribution in [0.15, 0.2) is 35.5 Å². The second-order valence-corrected chi connectivity index (χ2v) is 9.66. The molecule has 0 bridgehead atoms. The number of aromatic amines is 1. The number of imidazole rings is 2. The fourth-order valence-electron chi connectivity index (χ4n) is 4.67. The number of rotatable bonds is 6. The molecule has 3 aromatic heterocycles. The molecule has 5 rings (SSSR count). The van der Waals surface area contributed by atoms with Crippen LogP contribution in [0.1, 0.15) is 24.6 Å². The third-order valence-electron chi connectivity index (χ3n) is 6.64. The van der Waals surface area contributed by atoms with Crippen molar-refractivity contribution in [1.82, 2.24) is 34.0 Å². The lowest BCUT2D eigenvalue weighted by Crippen LogP contribution is -2.35. The molecule has 0 amide bonds. The van der Waals surface area contributed by atoms with Crippen LogP contribution in [-0.4, -0.2) is 67.7 Å². The number of fused-ring (bicyclic) bond motifs is 1. The summed E-state index contributed by atoms with van der Waals surface area (Å²) in [5.74, 6) is 1.63. The molecular formula is C24H28ClFN8O. The largest absolute Gasteiger partial charge is 0.355 e. The van der Waals surface area contributed by atoms with Crippen molar-refractivity contribution in [1.29, 1.82) is 0 Å². The van der Waals surface area contributed by atoms with E-state index in [9.17, 15) is 9.18 Å². The first kappa shape index (κ1) is 23.5. The van der Waals surface area contributed by atoms with E-state index in [2.05, 4.69) is 29.3 Å². The van der Waals surface area contributed by atoms with Crippen molar-refractivity contribution in [3.05, 3.63) is 57.9 Å². The Hall–Kier alpha value is -3.24. The summed E-state index contributed by atoms with van der Waals surface area (Å²) >= 11 is 6.03. The van der Waals surface area contributed by atoms with Gasteiger partial charge in [-0.05, 0) is 45.1 Å². The van der Waals surface area contributed by atoms with Gasteiger partial charge in [0.05, 0.1) is 10.7 Å². The van der Waals surface area contributed by atoms with Crippen LogP contribution in [-0.2, 0) is 13.6 Å². The van der Waals surface area contributed by atoms with Gasteiger partial charge in [0, 0.05) is 50.9 Å². The van der Waals surface area contributed by atoms with Crippen molar-refractivity contribution in [3.8, 4) is 11.3 Å². The summed E-state index contributed by atoms with van der Waals surface area (Å²) in [6.07, 6.45) is 5.32. The molecule has 1 aliphatic heterocycles. The monoisotopic (exact) mass is 498 g/mol. The first-order chi connectivity index (χ1) is 16.8. The molecular weight excluding hydrogens is 471 g/mol. The van der Waals surface area contributed by atoms with E-state index in [4.69, 9.17) is 16.6 Å². The maximum absolute atomic E-state index is 13.7. The Morgan fingerprint density at radius 2 is 2.00 bits per heavy atom. The molecule has 9 nitrogen and oxygen atoms in total. The van der Waals surface area contributed by atoms with Crippen LogP contribution in [0.4, 0.5) is 10.2 Å². The SMILES string of the molecule is CN(C)CCn1cc(-c2ccc(F)c(Cl)c2)nc1C1CCN(c2ncnc3[nH]c(=O)n(C)c23)CC1. The minimum Gasteiger partial charge on any atom is -0.355 e. The van der Waals surface area contributed by atoms with Crippen LogP contribution in [0.3, 0.4) is 0 Å². The Kier molecular flexibility index (Phi) is 6.33. The number of aromatic nitrogens is 6. The lowest BCUT2D eigenvalue weighted by Gasteiger charge is -2.33. The topological polar surface area (TPSA) is 87.9 Å². The molecule has 1 aromatic carbocycles. The zero-order chi connectivity index (χ0) is 24.7. The van der Waals surface area contributed by atoms with E-state index in [0.29, 0.717) is 5.65 Å². The predicted octanol–water partition coefficient (Wildman–Crippen LogP) is 3.26. The van der Waals surface area contributed by atoms with Crippen molar-refractivity contribution >= 4 is 28.6 Å². The van der Waals surface area contributed by atoms with Gasteiger partial charge in [-0.25, -0.2) is 24.1 Å². The molecule has 0 aliphatic carbocycles. The Labute approximate surface area is 207 Å². The number of nitrogens with zero attached hydrogens (tertiary/aromatic N) is 7. The zero-order valence-electron chi connectivity index (χ0n) is 20.0. The Morgan fingerprint density at radius 3 is 2.71 bits per heavy atom. The molecule has 4 aromatic rings. The number of anilines is 1. The second-order valence-electron chi connectivity index (χ2n) is 9.25. The first-order valence-electron chi connectivity index (χ1n) is 11.6. The van der Waals surface area contributed by atoms with E-state index in [-0.39, 0.29) is 16.6 Å². The zero-order valence-corrected chi connectivity index (χ0v) is 20.8. The highest BCUT2D eigenvalue weighted by Crippen LogP contribution is 2.33. The third-order valence-corrected chi connectivity index (χ3v) is 6.93. The number of halogens is 2. The van der Waals surface area contributed by atoms with Gasteiger partial charge >= 0.3 is 5.69 Å². The molecule has 0 spiro atoms. The number of piperidine rings is 1. The fourth-order valence-corrected chi connectivity index (χ4v) is 4.86. The van der Waals surface area contributed by atoms with Crippen LogP contribution in [0.5, 0.6) is 0 Å². The van der Waals surface area contributed by atoms with Gasteiger partial charge in [-0.2, -0.15) is 0 Å². The quantitative estimate of drug-likeness (QED) is 0.439. The van der Waals surface area contributed by atoms with Crippen molar-refractivity contribution in [2.45, 2.75) is 25.3 Å². The number of nitrogens with one attached hydrogen (secondary N) is 1. The first-order valence-corrected chi connectivity index (χ1v) is 12.0. The van der Waals surface area contributed by atoms with Crippen LogP contribution in [0.2, 0.25) is 5.02 Å². The molecule has 35 heavy (non-hydrogen) atoms. The standard InChI is InChI=1S/C24H28ClFN8O/c1-31(2)10-11-34-13-19(16-4-5-18(26)17(25)12-16)29-22(34)15-6-8-33(9-7-15)23-20-21(27-14-28-23)30-24(35)32(20)3/h4-5,12-15H,6-11H2,1-3H3,(H,27,28,30,35). The minimum absolute atomic E-state index is 0.0931. The van der Waals surface area contributed by atoms with Gasteiger partial charge in [-0.3, -0.25) is 9.55 Å². The Morgan fingerprint density at radius 1 is 1.23 bits per heavy atom. The maximum Gasteiger partial charge on any atom is 0.327 e. The normalized spacial score (nSPS) is 15.0. The highest BCUT2D eigenvalue weighted by molar-refractivity contribution is 6.31. The summed E-state index contributed by atoms with van der Waals surface area (Å²) in [5.41, 5.74) is 2.66. The maximum atomic E-state index is 13.7. The number of benzene rings is 1. The van der Waals surface area contributed by atoms with Crippen molar-refractivity contribution < 1.29 is 4.39 Å². The van der Waals surface area contributed by atoms with Gasteiger partial charge < -0.3 is 14.4 Å². The van der Waals surface area contributed by atoms with E-state index >= 15 is 0 Å². The lowest BCUT2D eigenvalue weighted by molar-refractivity contribution is 0.372. The van der Waals surface area contributed by atoms with E-state index in [0.717, 1.165) is 67.4 Å². The molecule has 0 radical (unpaired) electrons. The molecule has 1 N–H and O–H groups in total. The van der Waals surface area contributed by atoms with Gasteiger partial charge in [-0.1, -0.05) is 11.6 Å². The number of likely N-dealkylation sites (N-methyl/N-ethyl adjacent to an activating group) is 1. The van der Waals surface area contributed by atoms with Crippen molar-refractivity contribution in [3.63, 3.8) is 0 Å². The van der Waals surface area contributed by atoms with E-state index in [1.54, 1.807) is 23.7 Å². The van der Waals surface area contributed by atoms with Crippen LogP contribution in [0, 0.1) is 5.82 Å². The van der Waals surface area contributed by atoms with Crippen LogP contribution in [0.25, 0.3) is 22.4 Å². The van der Waals surface area contributed by atoms with Gasteiger partial charge in [0.25, 0.3) is 0 Å². The summed E-state index contributed by atoms with van der Waals surface area (Å²) in [6.45, 7) is 3.26. The molecule has 0 atom stereocenters. The smallest absolute Gasteiger partial charge is 0.327 e. The van der Waals surface area contributed by atoms with Crippen molar-refractivity contribution in [2.75, 3.05) is 38.6 Å². The molecule has 1 aliphatic rings. The Bertz CT molecular complexity index is 1420. The van der Waals surface area contributed by atoms with Gasteiger partial charge in [-0.15, -0.1) is 0 Å². The Balaban J connectivity index is 1.41. The van der Waals surface area contributed by atoms with E-state index in [1.165, 1.54) is 12.4 Å². The molecule has 0 unspecified atom stereocenters. The van der Waals surface area contributed by atoms with Crippen molar-refractivity contribution in [2.24, 2.45) is 7.05 Å². The molecule has 0 saturated carbocycles. The molecule has 11 heteroatoms. The van der Waals surface area contributed by atoms with Crippen LogP contribution >= 0.6 is 11.6 Å². The average Bonchev–Trinajstić information content (AvgIpc) is 3.40. The predicted molar refractivity (Wildman–Crippen MR) is 135 cm³/mol. The molecule has 1 saturated heterocycles. The molecule has 4 heterocycles. The summed E-state index contributed by atoms with van der Waals surface area (Å²) in [6, 6.07) is 4.72. The number of aryl methyl sites for hydroxylation is 1. The van der Waals surface area contributed by atoms with Crippen LogP contribution < -0.4 is 10.6 Å². The van der Waals surface area contributed by atoms with E-state index in [1.807, 2.05) is 20.3 Å². The third kappa shape index (κ3) is 4.55. The summed E-state index contributed by atoms with van der Waals surface area (Å²) in [7, 11) is 5.82. The van der Waals surface area contributed by atoms with E-state index < -0.39 is 5.82 Å². The lowest BCUT2D eigenvalue weighted by atomic mass is 9.95. The fraction of sp³-hybridized carbons (Fsp3) is 0.417. The molecule has 184 valence electrons. The molecule has 1 fully saturated rings. The number of hydrogen-bond donors (Lipinski definition) is 1. The number of hydrogen-bond acceptors (Lipinski definition) is 6. The summed E-state index contributed by atoms with van der Waals surface area (Å²) < 4.78 is 17.5. The number of H-pyrrole nitrogens is 1. The average molecular weight is 499 g/mol. The summed E-state index contributed by atoms with van der Waals surface area (Å²) in [4.78, 5) is 32.9. The summed E-state index contributed by atoms with van der Waals surface area (Å²) in [5, 5.41) is 0.0931.